The number of carbonyl (C=O) groups excluding carboxylic acids is 2. The number of imide groups is 1. The summed E-state index contributed by atoms with van der Waals surface area (Å²) in [5, 5.41) is 8.85. The Morgan fingerprint density at radius 1 is 1.46 bits per heavy atom. The maximum atomic E-state index is 11.2. The summed E-state index contributed by atoms with van der Waals surface area (Å²) in [5.41, 5.74) is 1.03. The zero-order valence-electron chi connectivity index (χ0n) is 7.10. The minimum Gasteiger partial charge on any atom is -0.278 e. The molecule has 0 saturated heterocycles. The molecule has 1 aromatic carbocycles. The zero-order chi connectivity index (χ0) is 9.84. The largest absolute Gasteiger partial charge is 0.284 e. The number of rotatable bonds is 2. The summed E-state index contributed by atoms with van der Waals surface area (Å²) in [4.78, 5) is 21.3. The van der Waals surface area contributed by atoms with E-state index in [4.69, 9.17) is 5.21 Å². The lowest BCUT2D eigenvalue weighted by Crippen LogP contribution is -2.26. The standard InChI is InChI=1S/C9H9NO3/c1-7-4-2-3-5-8(7)9(12)10(13)6-11/h2-6,13H,1H3. The van der Waals surface area contributed by atoms with Crippen molar-refractivity contribution in [1.29, 1.82) is 0 Å². The molecule has 68 valence electrons. The Labute approximate surface area is 75.4 Å². The number of nitrogens with zero attached hydrogens (tertiary/aromatic N) is 1. The molecule has 1 N–H and O–H groups in total. The molecule has 0 spiro atoms. The van der Waals surface area contributed by atoms with Crippen LogP contribution in [-0.4, -0.2) is 22.6 Å². The highest BCUT2D eigenvalue weighted by Gasteiger charge is 2.13. The van der Waals surface area contributed by atoms with Crippen LogP contribution in [0.4, 0.5) is 0 Å². The number of hydroxylamine groups is 2. The Morgan fingerprint density at radius 2 is 2.08 bits per heavy atom. The summed E-state index contributed by atoms with van der Waals surface area (Å²) in [7, 11) is 0. The molecule has 0 radical (unpaired) electrons. The van der Waals surface area contributed by atoms with Crippen molar-refractivity contribution in [3.8, 4) is 0 Å². The first-order valence-corrected chi connectivity index (χ1v) is 3.70. The number of aryl methyl sites for hydroxylation is 1. The maximum Gasteiger partial charge on any atom is 0.284 e. The van der Waals surface area contributed by atoms with Crippen molar-refractivity contribution in [3.63, 3.8) is 0 Å². The van der Waals surface area contributed by atoms with Crippen molar-refractivity contribution in [2.75, 3.05) is 0 Å². The molecule has 0 aliphatic rings. The summed E-state index contributed by atoms with van der Waals surface area (Å²) in [6.07, 6.45) is 0.0643. The Kier molecular flexibility index (Phi) is 2.76. The molecule has 13 heavy (non-hydrogen) atoms. The number of benzene rings is 1. The molecule has 0 saturated carbocycles. The van der Waals surface area contributed by atoms with E-state index in [1.54, 1.807) is 31.2 Å². The molecular formula is C9H9NO3. The topological polar surface area (TPSA) is 57.6 Å². The third-order valence-electron chi connectivity index (χ3n) is 1.68. The molecule has 2 amide bonds. The van der Waals surface area contributed by atoms with Gasteiger partial charge in [0.1, 0.15) is 0 Å². The van der Waals surface area contributed by atoms with Gasteiger partial charge in [0.15, 0.2) is 0 Å². The van der Waals surface area contributed by atoms with Crippen molar-refractivity contribution in [2.24, 2.45) is 0 Å². The number of hydrogen-bond donors (Lipinski definition) is 1. The Morgan fingerprint density at radius 3 is 2.62 bits per heavy atom. The monoisotopic (exact) mass is 179 g/mol. The van der Waals surface area contributed by atoms with Crippen molar-refractivity contribution in [3.05, 3.63) is 35.4 Å². The van der Waals surface area contributed by atoms with Crippen molar-refractivity contribution in [2.45, 2.75) is 6.92 Å². The van der Waals surface area contributed by atoms with Crippen LogP contribution in [0.15, 0.2) is 24.3 Å². The Balaban J connectivity index is 3.02. The summed E-state index contributed by atoms with van der Waals surface area (Å²) >= 11 is 0. The highest BCUT2D eigenvalue weighted by molar-refractivity contribution is 5.99. The lowest BCUT2D eigenvalue weighted by Gasteiger charge is -2.08. The van der Waals surface area contributed by atoms with Gasteiger partial charge in [0, 0.05) is 5.56 Å². The predicted molar refractivity (Wildman–Crippen MR) is 45.2 cm³/mol. The van der Waals surface area contributed by atoms with E-state index in [0.29, 0.717) is 11.1 Å². The second-order valence-corrected chi connectivity index (χ2v) is 2.57. The molecular weight excluding hydrogens is 170 g/mol. The van der Waals surface area contributed by atoms with Crippen molar-refractivity contribution < 1.29 is 14.8 Å². The lowest BCUT2D eigenvalue weighted by atomic mass is 10.1. The van der Waals surface area contributed by atoms with E-state index < -0.39 is 5.91 Å². The summed E-state index contributed by atoms with van der Waals surface area (Å²) in [5.74, 6) is -0.715. The van der Waals surface area contributed by atoms with E-state index in [-0.39, 0.29) is 11.5 Å². The Bertz CT molecular complexity index is 335. The third-order valence-corrected chi connectivity index (χ3v) is 1.68. The van der Waals surface area contributed by atoms with Crippen LogP contribution < -0.4 is 0 Å². The quantitative estimate of drug-likeness (QED) is 0.418. The van der Waals surface area contributed by atoms with Crippen LogP contribution in [0.2, 0.25) is 0 Å². The van der Waals surface area contributed by atoms with E-state index in [9.17, 15) is 9.59 Å². The number of carbonyl (C=O) groups is 2. The molecule has 0 unspecified atom stereocenters. The van der Waals surface area contributed by atoms with Crippen molar-refractivity contribution >= 4 is 12.3 Å². The SMILES string of the molecule is Cc1ccccc1C(=O)N(O)C=O. The predicted octanol–water partition coefficient (Wildman–Crippen LogP) is 0.983. The van der Waals surface area contributed by atoms with Gasteiger partial charge in [0.2, 0.25) is 6.41 Å². The molecule has 1 rings (SSSR count). The molecule has 0 heterocycles. The van der Waals surface area contributed by atoms with E-state index in [0.717, 1.165) is 0 Å². The van der Waals surface area contributed by atoms with Gasteiger partial charge in [-0.2, -0.15) is 5.06 Å². The fraction of sp³-hybridized carbons (Fsp3) is 0.111. The normalized spacial score (nSPS) is 9.38. The van der Waals surface area contributed by atoms with E-state index in [2.05, 4.69) is 0 Å². The van der Waals surface area contributed by atoms with E-state index in [1.165, 1.54) is 0 Å². The van der Waals surface area contributed by atoms with Gasteiger partial charge in [-0.1, -0.05) is 18.2 Å². The van der Waals surface area contributed by atoms with Crippen LogP contribution in [0.3, 0.4) is 0 Å². The van der Waals surface area contributed by atoms with Gasteiger partial charge < -0.3 is 0 Å². The van der Waals surface area contributed by atoms with Crippen LogP contribution in [-0.2, 0) is 4.79 Å². The highest BCUT2D eigenvalue weighted by Crippen LogP contribution is 2.08. The Hall–Kier alpha value is -1.68. The van der Waals surface area contributed by atoms with Crippen LogP contribution in [0.1, 0.15) is 15.9 Å². The molecule has 0 fully saturated rings. The maximum absolute atomic E-state index is 11.2. The molecule has 4 nitrogen and oxygen atoms in total. The molecule has 0 aromatic heterocycles. The lowest BCUT2D eigenvalue weighted by molar-refractivity contribution is -0.138. The van der Waals surface area contributed by atoms with E-state index >= 15 is 0 Å². The molecule has 0 bridgehead atoms. The average molecular weight is 179 g/mol. The fourth-order valence-corrected chi connectivity index (χ4v) is 0.984. The summed E-state index contributed by atoms with van der Waals surface area (Å²) < 4.78 is 0. The molecule has 0 aliphatic carbocycles. The molecule has 0 aliphatic heterocycles. The molecule has 1 aromatic rings. The molecule has 4 heteroatoms. The van der Waals surface area contributed by atoms with Crippen molar-refractivity contribution in [1.82, 2.24) is 5.06 Å². The first-order valence-electron chi connectivity index (χ1n) is 3.70. The van der Waals surface area contributed by atoms with Gasteiger partial charge in [-0.3, -0.25) is 14.8 Å². The van der Waals surface area contributed by atoms with Crippen LogP contribution in [0.25, 0.3) is 0 Å². The summed E-state index contributed by atoms with van der Waals surface area (Å²) in [6.45, 7) is 1.73. The third kappa shape index (κ3) is 1.91. The van der Waals surface area contributed by atoms with Crippen LogP contribution in [0, 0.1) is 6.92 Å². The number of hydrogen-bond acceptors (Lipinski definition) is 3. The second-order valence-electron chi connectivity index (χ2n) is 2.57. The first-order chi connectivity index (χ1) is 6.16. The van der Waals surface area contributed by atoms with Gasteiger partial charge in [-0.05, 0) is 18.6 Å². The molecule has 0 atom stereocenters. The van der Waals surface area contributed by atoms with Gasteiger partial charge in [0.05, 0.1) is 0 Å². The first kappa shape index (κ1) is 9.41. The van der Waals surface area contributed by atoms with Gasteiger partial charge in [-0.25, -0.2) is 0 Å². The summed E-state index contributed by atoms with van der Waals surface area (Å²) in [6, 6.07) is 6.71. The van der Waals surface area contributed by atoms with Gasteiger partial charge in [0.25, 0.3) is 5.91 Å². The highest BCUT2D eigenvalue weighted by atomic mass is 16.5. The minimum atomic E-state index is -0.715. The smallest absolute Gasteiger partial charge is 0.278 e. The zero-order valence-corrected chi connectivity index (χ0v) is 7.10. The second kappa shape index (κ2) is 3.82. The van der Waals surface area contributed by atoms with Crippen LogP contribution >= 0.6 is 0 Å². The van der Waals surface area contributed by atoms with Gasteiger partial charge in [-0.15, -0.1) is 0 Å². The van der Waals surface area contributed by atoms with Gasteiger partial charge >= 0.3 is 0 Å². The van der Waals surface area contributed by atoms with E-state index in [1.807, 2.05) is 0 Å². The number of amides is 2. The average Bonchev–Trinajstić information content (AvgIpc) is 2.16. The minimum absolute atomic E-state index is 0.0301. The fourth-order valence-electron chi connectivity index (χ4n) is 0.984. The van der Waals surface area contributed by atoms with Crippen LogP contribution in [0.5, 0.6) is 0 Å².